The maximum atomic E-state index is 11.0. The first kappa shape index (κ1) is 24.7. The van der Waals surface area contributed by atoms with E-state index in [1.54, 1.807) is 0 Å². The highest BCUT2D eigenvalue weighted by Gasteiger charge is 2.74. The summed E-state index contributed by atoms with van der Waals surface area (Å²) < 4.78 is 16.7. The lowest BCUT2D eigenvalue weighted by atomic mass is 11.9. The summed E-state index contributed by atoms with van der Waals surface area (Å²) in [5.74, 6) is 0. The summed E-state index contributed by atoms with van der Waals surface area (Å²) in [6.45, 7) is -4.75. The van der Waals surface area contributed by atoms with Gasteiger partial charge in [-0.25, -0.2) is 0 Å². The third-order valence-corrected chi connectivity index (χ3v) is 90.2. The van der Waals surface area contributed by atoms with Gasteiger partial charge in [-0.2, -0.15) is 0 Å². The lowest BCUT2D eigenvalue weighted by molar-refractivity contribution is 0.321. The molecule has 21 heteroatoms. The summed E-state index contributed by atoms with van der Waals surface area (Å²) in [7, 11) is -20.6. The summed E-state index contributed by atoms with van der Waals surface area (Å²) in [4.78, 5) is 79.6. The van der Waals surface area contributed by atoms with Crippen molar-refractivity contribution in [1.29, 1.82) is 0 Å². The predicted molar refractivity (Wildman–Crippen MR) is 107 cm³/mol. The monoisotopic (exact) mass is 506 g/mol. The predicted octanol–water partition coefficient (Wildman–Crippen LogP) is -10.5. The molecule has 8 N–H and O–H groups in total. The van der Waals surface area contributed by atoms with Crippen LogP contribution in [0.15, 0.2) is 0 Å². The first-order valence-electron chi connectivity index (χ1n) is 6.65. The summed E-state index contributed by atoms with van der Waals surface area (Å²) in [6.07, 6.45) is 0. The fourth-order valence-corrected chi connectivity index (χ4v) is 148. The first-order chi connectivity index (χ1) is 10.6. The van der Waals surface area contributed by atoms with Crippen LogP contribution < -0.4 is 0 Å². The molecule has 0 saturated heterocycles. The van der Waals surface area contributed by atoms with Gasteiger partial charge in [0, 0.05) is 0 Å². The molecule has 0 heterocycles. The molecule has 0 spiro atoms. The molecular formula is C2H26O11Si10. The second kappa shape index (κ2) is 10.2. The Balaban J connectivity index is 6.50. The fraction of sp³-hybridized carbons (Fsp3) is 1.00. The largest absolute Gasteiger partial charge is 0.440 e. The molecule has 0 bridgehead atoms. The Morgan fingerprint density at radius 1 is 0.696 bits per heavy atom. The zero-order chi connectivity index (χ0) is 18.4. The van der Waals surface area contributed by atoms with Gasteiger partial charge in [-0.05, 0) is 13.1 Å². The van der Waals surface area contributed by atoms with E-state index in [9.17, 15) is 38.4 Å². The highest BCUT2D eigenvalue weighted by Crippen LogP contribution is 2.29. The molecule has 0 aromatic carbocycles. The Hall–Kier alpha value is 1.73. The molecule has 1 unspecified atom stereocenters. The molecule has 1 atom stereocenters. The smallest absolute Gasteiger partial charge is 0.338 e. The highest BCUT2D eigenvalue weighted by atomic mass is 30.2. The maximum absolute atomic E-state index is 11.0. The maximum Gasteiger partial charge on any atom is 0.338 e. The molecule has 0 amide bonds. The van der Waals surface area contributed by atoms with Crippen molar-refractivity contribution in [2.75, 3.05) is 0 Å². The van der Waals surface area contributed by atoms with Gasteiger partial charge >= 0.3 is 16.2 Å². The highest BCUT2D eigenvalue weighted by molar-refractivity contribution is 7.95. The van der Waals surface area contributed by atoms with E-state index in [-0.39, 0.29) is 0 Å². The number of hydrogen-bond acceptors (Lipinski definition) is 11. The van der Waals surface area contributed by atoms with Crippen molar-refractivity contribution in [2.45, 2.75) is 13.1 Å². The molecule has 0 aliphatic heterocycles. The molecule has 0 saturated carbocycles. The van der Waals surface area contributed by atoms with E-state index in [2.05, 4.69) is 0 Å². The minimum Gasteiger partial charge on any atom is -0.440 e. The molecule has 0 aliphatic rings. The Morgan fingerprint density at radius 3 is 1.39 bits per heavy atom. The lowest BCUT2D eigenvalue weighted by Gasteiger charge is -2.50. The van der Waals surface area contributed by atoms with E-state index in [0.29, 0.717) is 0 Å². The van der Waals surface area contributed by atoms with Crippen molar-refractivity contribution in [3.63, 3.8) is 0 Å². The van der Waals surface area contributed by atoms with E-state index in [4.69, 9.17) is 12.3 Å². The van der Waals surface area contributed by atoms with Crippen LogP contribution in [0.4, 0.5) is 0 Å². The van der Waals surface area contributed by atoms with Crippen LogP contribution in [0.1, 0.15) is 0 Å². The van der Waals surface area contributed by atoms with Crippen molar-refractivity contribution >= 4 is 87.0 Å². The normalized spacial score (nSPS) is 23.7. The van der Waals surface area contributed by atoms with Gasteiger partial charge in [-0.15, -0.1) is 0 Å². The van der Waals surface area contributed by atoms with Gasteiger partial charge in [0.25, 0.3) is 33.8 Å². The topological polar surface area (TPSA) is 190 Å². The molecule has 0 radical (unpaired) electrons. The van der Waals surface area contributed by atoms with Crippen molar-refractivity contribution in [2.24, 2.45) is 0 Å². The zero-order valence-electron chi connectivity index (χ0n) is 13.0. The Bertz CT molecular complexity index is 342. The minimum atomic E-state index is -4.13. The molecular weight excluding hydrogens is 481 g/mol. The van der Waals surface area contributed by atoms with Gasteiger partial charge < -0.3 is 50.7 Å². The standard InChI is InChI=1S/C2H26O11Si10/c1-20(2,9)13-22(11-14-3,21(10,16-5)17-6)23(18-7,19-8)12-15-4/h3-10H,14-19H2,1-2H3. The average Bonchev–Trinajstić information content (AvgIpc) is 2.50. The molecule has 140 valence electrons. The summed E-state index contributed by atoms with van der Waals surface area (Å²) in [6, 6.07) is 0. The average molecular weight is 507 g/mol. The zero-order valence-corrected chi connectivity index (χ0v) is 25.5. The van der Waals surface area contributed by atoms with E-state index in [0.717, 1.165) is 0 Å². The molecule has 0 aliphatic carbocycles. The summed E-state index contributed by atoms with van der Waals surface area (Å²) in [5, 5.41) is 0. The van der Waals surface area contributed by atoms with Crippen LogP contribution in [0.5, 0.6) is 0 Å². The molecule has 0 rings (SSSR count). The van der Waals surface area contributed by atoms with E-state index in [1.165, 1.54) is 13.1 Å². The third-order valence-electron chi connectivity index (χ3n) is 3.25. The van der Waals surface area contributed by atoms with Crippen LogP contribution in [-0.2, 0) is 12.3 Å². The Morgan fingerprint density at radius 2 is 1.13 bits per heavy atom. The van der Waals surface area contributed by atoms with Crippen LogP contribution >= 0.6 is 0 Å². The number of hydrogen-bond donors (Lipinski definition) is 8. The third kappa shape index (κ3) is 5.36. The summed E-state index contributed by atoms with van der Waals surface area (Å²) in [5.41, 5.74) is 0. The van der Waals surface area contributed by atoms with Gasteiger partial charge in [-0.3, -0.25) is 0 Å². The van der Waals surface area contributed by atoms with Gasteiger partial charge in [0.15, 0.2) is 37.1 Å². The minimum absolute atomic E-state index is 1.39. The van der Waals surface area contributed by atoms with E-state index in [1.807, 2.05) is 0 Å². The van der Waals surface area contributed by atoms with Gasteiger partial charge in [0.1, 0.15) is 0 Å². The SMILES string of the molecule is C[Si](C)(O)O[Si](O[SiH2]O)([Si](O)([SiH2]O)[SiH2]O)[Si](O[SiH2]O)([SiH2]O)[SiH2]O. The first-order valence-corrected chi connectivity index (χ1v) is 31.4. The van der Waals surface area contributed by atoms with Crippen LogP contribution in [-0.4, -0.2) is 125 Å². The van der Waals surface area contributed by atoms with Crippen molar-refractivity contribution in [3.8, 4) is 0 Å². The second-order valence-electron chi connectivity index (χ2n) is 5.37. The fourth-order valence-electron chi connectivity index (χ4n) is 2.18. The van der Waals surface area contributed by atoms with Crippen LogP contribution in [0.3, 0.4) is 0 Å². The quantitative estimate of drug-likeness (QED) is 0.117. The van der Waals surface area contributed by atoms with Crippen LogP contribution in [0.2, 0.25) is 13.1 Å². The van der Waals surface area contributed by atoms with Crippen molar-refractivity contribution in [3.05, 3.63) is 0 Å². The van der Waals surface area contributed by atoms with Crippen molar-refractivity contribution < 1.29 is 50.7 Å². The van der Waals surface area contributed by atoms with Gasteiger partial charge in [-0.1, -0.05) is 0 Å². The Labute approximate surface area is 150 Å². The molecule has 23 heavy (non-hydrogen) atoms. The molecule has 0 fully saturated rings. The van der Waals surface area contributed by atoms with Crippen LogP contribution in [0.25, 0.3) is 0 Å². The van der Waals surface area contributed by atoms with E-state index < -0.39 is 87.0 Å². The molecule has 0 aromatic rings. The van der Waals surface area contributed by atoms with Gasteiger partial charge in [0.05, 0.1) is 0 Å². The summed E-state index contributed by atoms with van der Waals surface area (Å²) >= 11 is 0. The van der Waals surface area contributed by atoms with Crippen LogP contribution in [0, 0.1) is 0 Å². The lowest BCUT2D eigenvalue weighted by Crippen LogP contribution is -2.91. The van der Waals surface area contributed by atoms with Crippen molar-refractivity contribution in [1.82, 2.24) is 0 Å². The Kier molecular flexibility index (Phi) is 10.9. The van der Waals surface area contributed by atoms with E-state index >= 15 is 0 Å². The second-order valence-corrected chi connectivity index (χ2v) is 61.6. The molecule has 0 aromatic heterocycles. The van der Waals surface area contributed by atoms with Gasteiger partial charge in [0.2, 0.25) is 0 Å². The molecule has 11 nitrogen and oxygen atoms in total. The number of rotatable bonds is 12.